The van der Waals surface area contributed by atoms with Gasteiger partial charge in [-0.3, -0.25) is 0 Å². The summed E-state index contributed by atoms with van der Waals surface area (Å²) in [7, 11) is 17.4. The summed E-state index contributed by atoms with van der Waals surface area (Å²) in [6.07, 6.45) is 11.8. The molecule has 0 aromatic heterocycles. The SMILES string of the molecule is CCCCc1ccccc1-c1cccc2c1C=C(C)[CH]2[Zr]([Cl])([Cl])([c]1cccc2c1[SiH2]c1ccccc1-2)[CH]1C(C)=Cc2c(-c3ccccc3CCCC)cccc21. The molecule has 0 bridgehead atoms. The van der Waals surface area contributed by atoms with E-state index in [-0.39, 0.29) is 7.25 Å². The van der Waals surface area contributed by atoms with Gasteiger partial charge in [0.15, 0.2) is 0 Å². The zero-order valence-electron chi connectivity index (χ0n) is 33.1. The van der Waals surface area contributed by atoms with Gasteiger partial charge < -0.3 is 0 Å². The van der Waals surface area contributed by atoms with E-state index in [9.17, 15) is 0 Å². The Bertz CT molecular complexity index is 2450. The molecule has 1 heterocycles. The molecule has 1 aliphatic heterocycles. The van der Waals surface area contributed by atoms with Gasteiger partial charge in [-0.15, -0.1) is 0 Å². The van der Waals surface area contributed by atoms with Crippen LogP contribution in [-0.4, -0.2) is 9.52 Å². The molecule has 0 saturated heterocycles. The number of hydrogen-bond donors (Lipinski definition) is 0. The number of hydrogen-bond acceptors (Lipinski definition) is 0. The van der Waals surface area contributed by atoms with Gasteiger partial charge in [-0.2, -0.15) is 0 Å². The minimum absolute atomic E-state index is 0.0819. The molecular weight excluding hydrogens is 815 g/mol. The number of rotatable bonds is 11. The molecule has 6 aromatic rings. The first-order valence-electron chi connectivity index (χ1n) is 20.8. The van der Waals surface area contributed by atoms with Crippen LogP contribution in [0.2, 0.25) is 0 Å². The van der Waals surface area contributed by atoms with Crippen molar-refractivity contribution in [2.45, 2.75) is 73.5 Å². The fourth-order valence-electron chi connectivity index (χ4n) is 10.8. The van der Waals surface area contributed by atoms with Crippen molar-refractivity contribution in [2.75, 3.05) is 0 Å². The van der Waals surface area contributed by atoms with Crippen molar-refractivity contribution in [2.24, 2.45) is 0 Å². The van der Waals surface area contributed by atoms with Crippen LogP contribution in [-0.2, 0) is 29.2 Å². The van der Waals surface area contributed by atoms with Gasteiger partial charge in [-0.05, 0) is 0 Å². The van der Waals surface area contributed by atoms with Gasteiger partial charge in [0, 0.05) is 0 Å². The van der Waals surface area contributed by atoms with Crippen molar-refractivity contribution in [1.29, 1.82) is 0 Å². The quantitative estimate of drug-likeness (QED) is 0.114. The molecule has 0 fully saturated rings. The van der Waals surface area contributed by atoms with Crippen molar-refractivity contribution in [1.82, 2.24) is 0 Å². The van der Waals surface area contributed by atoms with E-state index in [0.29, 0.717) is 0 Å². The molecule has 2 aliphatic carbocycles. The summed E-state index contributed by atoms with van der Waals surface area (Å²) in [6, 6.07) is 47.9. The predicted octanol–water partition coefficient (Wildman–Crippen LogP) is 12.7. The first-order valence-corrected chi connectivity index (χ1v) is 32.6. The number of fused-ring (bicyclic) bond motifs is 5. The van der Waals surface area contributed by atoms with Crippen molar-refractivity contribution in [3.05, 3.63) is 172 Å². The van der Waals surface area contributed by atoms with Gasteiger partial charge >= 0.3 is 348 Å². The Balaban J connectivity index is 1.29. The van der Waals surface area contributed by atoms with Crippen molar-refractivity contribution in [3.8, 4) is 33.4 Å². The van der Waals surface area contributed by atoms with Crippen LogP contribution < -0.4 is 13.6 Å². The first-order chi connectivity index (χ1) is 27.2. The van der Waals surface area contributed by atoms with E-state index in [2.05, 4.69) is 167 Å². The van der Waals surface area contributed by atoms with Gasteiger partial charge in [-0.25, -0.2) is 0 Å². The summed E-state index contributed by atoms with van der Waals surface area (Å²) < 4.78 is 1.12. The average molecular weight is 866 g/mol. The summed E-state index contributed by atoms with van der Waals surface area (Å²) in [5.74, 6) is 0. The summed E-state index contributed by atoms with van der Waals surface area (Å²) in [5, 5.41) is 2.96. The maximum absolute atomic E-state index is 9.12. The molecule has 6 aromatic carbocycles. The van der Waals surface area contributed by atoms with Crippen LogP contribution in [0.1, 0.15) is 94.0 Å². The Morgan fingerprint density at radius 1 is 0.500 bits per heavy atom. The van der Waals surface area contributed by atoms with Crippen LogP contribution in [0.25, 0.3) is 45.5 Å². The van der Waals surface area contributed by atoms with Crippen LogP contribution in [0.4, 0.5) is 0 Å². The molecular formula is C52H51Cl2SiZr. The molecule has 0 N–H and O–H groups in total. The maximum atomic E-state index is 9.12. The van der Waals surface area contributed by atoms with Gasteiger partial charge in [0.05, 0.1) is 0 Å². The molecule has 0 spiro atoms. The summed E-state index contributed by atoms with van der Waals surface area (Å²) in [6.45, 7) is 9.19. The number of aryl methyl sites for hydroxylation is 2. The summed E-state index contributed by atoms with van der Waals surface area (Å²) >= 11 is -5.48. The predicted molar refractivity (Wildman–Crippen MR) is 245 cm³/mol. The fraction of sp³-hybridized carbons (Fsp3) is 0.231. The zero-order valence-corrected chi connectivity index (χ0v) is 38.5. The van der Waals surface area contributed by atoms with E-state index in [1.54, 1.807) is 0 Å². The van der Waals surface area contributed by atoms with Crippen LogP contribution in [0, 0.1) is 0 Å². The Morgan fingerprint density at radius 2 is 0.946 bits per heavy atom. The molecule has 2 atom stereocenters. The van der Waals surface area contributed by atoms with Crippen molar-refractivity contribution in [3.63, 3.8) is 0 Å². The molecule has 281 valence electrons. The standard InChI is InChI=1S/2C20H21.C12H9Si.2ClH.Zr/c2*1-3-4-8-16-9-5-6-11-18(16)19-12-7-10-17-13-15(2)14-20(17)19;1-3-7-11-9(5-1)10-6-2-4-8-12(10)13-11;;;/h2*5-7,9-14H,3-4,8H2,1-2H3;1-7H,13H2;2*1H;/q;;;;;+2/p-2. The van der Waals surface area contributed by atoms with E-state index in [1.807, 2.05) is 0 Å². The normalized spacial score (nSPS) is 17.8. The Labute approximate surface area is 344 Å². The molecule has 0 nitrogen and oxygen atoms in total. The third kappa shape index (κ3) is 6.00. The van der Waals surface area contributed by atoms with Gasteiger partial charge in [0.25, 0.3) is 0 Å². The van der Waals surface area contributed by atoms with Crippen LogP contribution in [0.15, 0.2) is 139 Å². The second-order valence-corrected chi connectivity index (χ2v) is 39.0. The van der Waals surface area contributed by atoms with E-state index in [0.717, 1.165) is 12.8 Å². The number of allylic oxidation sites excluding steroid dienone is 2. The van der Waals surface area contributed by atoms with Gasteiger partial charge in [0.2, 0.25) is 0 Å². The topological polar surface area (TPSA) is 0 Å². The van der Waals surface area contributed by atoms with Crippen LogP contribution in [0.5, 0.6) is 0 Å². The van der Waals surface area contributed by atoms with E-state index >= 15 is 0 Å². The fourth-order valence-corrected chi connectivity index (χ4v) is 39.6. The molecule has 0 saturated carbocycles. The van der Waals surface area contributed by atoms with Crippen LogP contribution >= 0.6 is 17.0 Å². The second kappa shape index (κ2) is 15.0. The molecule has 3 aliphatic rings. The molecule has 0 radical (unpaired) electrons. The monoisotopic (exact) mass is 863 g/mol. The first kappa shape index (κ1) is 38.0. The Kier molecular flexibility index (Phi) is 10.2. The minimum atomic E-state index is -5.48. The number of benzene rings is 6. The van der Waals surface area contributed by atoms with Crippen molar-refractivity contribution < 1.29 is 16.4 Å². The average Bonchev–Trinajstić information content (AvgIpc) is 3.89. The van der Waals surface area contributed by atoms with E-state index in [4.69, 9.17) is 17.0 Å². The second-order valence-electron chi connectivity index (χ2n) is 16.6. The molecule has 4 heteroatoms. The third-order valence-corrected chi connectivity index (χ3v) is 36.4. The van der Waals surface area contributed by atoms with Crippen LogP contribution in [0.3, 0.4) is 0 Å². The van der Waals surface area contributed by atoms with Crippen molar-refractivity contribution >= 4 is 52.3 Å². The van der Waals surface area contributed by atoms with E-state index < -0.39 is 25.9 Å². The molecule has 9 rings (SSSR count). The van der Waals surface area contributed by atoms with Gasteiger partial charge in [-0.1, -0.05) is 0 Å². The Hall–Kier alpha value is -3.52. The molecule has 0 amide bonds. The van der Waals surface area contributed by atoms with Gasteiger partial charge in [0.1, 0.15) is 0 Å². The number of halogens is 2. The van der Waals surface area contributed by atoms with E-state index in [1.165, 1.54) is 117 Å². The Morgan fingerprint density at radius 3 is 1.48 bits per heavy atom. The molecule has 2 unspecified atom stereocenters. The summed E-state index contributed by atoms with van der Waals surface area (Å²) in [5.41, 5.74) is 18.6. The molecule has 56 heavy (non-hydrogen) atoms. The third-order valence-electron chi connectivity index (χ3n) is 13.2. The zero-order chi connectivity index (χ0) is 38.6. The summed E-state index contributed by atoms with van der Waals surface area (Å²) in [4.78, 5) is 0. The number of unbranched alkanes of at least 4 members (excludes halogenated alkanes) is 2.